The van der Waals surface area contributed by atoms with Crippen molar-refractivity contribution < 1.29 is 9.90 Å². The molecule has 0 aliphatic heterocycles. The van der Waals surface area contributed by atoms with Gasteiger partial charge in [-0.3, -0.25) is 0 Å². The van der Waals surface area contributed by atoms with Gasteiger partial charge in [-0.1, -0.05) is 44.0 Å². The number of allylic oxidation sites excluding steroid dienone is 5. The van der Waals surface area contributed by atoms with Gasteiger partial charge in [-0.05, 0) is 43.7 Å². The van der Waals surface area contributed by atoms with E-state index in [-0.39, 0.29) is 5.56 Å². The van der Waals surface area contributed by atoms with Crippen molar-refractivity contribution in [1.29, 1.82) is 0 Å². The second-order valence-electron chi connectivity index (χ2n) is 4.71. The first-order valence-electron chi connectivity index (χ1n) is 6.86. The average Bonchev–Trinajstić information content (AvgIpc) is 2.48. The Morgan fingerprint density at radius 1 is 1.32 bits per heavy atom. The molecule has 0 saturated heterocycles. The van der Waals surface area contributed by atoms with Gasteiger partial charge in [-0.2, -0.15) is 0 Å². The van der Waals surface area contributed by atoms with Gasteiger partial charge in [-0.25, -0.2) is 4.79 Å². The summed E-state index contributed by atoms with van der Waals surface area (Å²) in [5.74, 6) is -0.970. The maximum atomic E-state index is 11.2. The highest BCUT2D eigenvalue weighted by Crippen LogP contribution is 2.28. The van der Waals surface area contributed by atoms with Crippen LogP contribution in [0.5, 0.6) is 0 Å². The molecule has 1 aromatic rings. The van der Waals surface area contributed by atoms with Crippen LogP contribution in [-0.4, -0.2) is 11.1 Å². The molecule has 1 aromatic carbocycles. The van der Waals surface area contributed by atoms with Gasteiger partial charge in [0, 0.05) is 17.1 Å². The maximum Gasteiger partial charge on any atom is 0.335 e. The first-order chi connectivity index (χ1) is 10.4. The summed E-state index contributed by atoms with van der Waals surface area (Å²) in [6.07, 6.45) is 7.25. The zero-order valence-electron chi connectivity index (χ0n) is 13.0. The fourth-order valence-corrected chi connectivity index (χ4v) is 1.99. The predicted molar refractivity (Wildman–Crippen MR) is 92.9 cm³/mol. The van der Waals surface area contributed by atoms with Crippen molar-refractivity contribution >= 4 is 11.7 Å². The van der Waals surface area contributed by atoms with Crippen LogP contribution in [0.3, 0.4) is 0 Å². The predicted octanol–water partition coefficient (Wildman–Crippen LogP) is 4.93. The highest BCUT2D eigenvalue weighted by molar-refractivity contribution is 5.89. The quantitative estimate of drug-likeness (QED) is 0.725. The summed E-state index contributed by atoms with van der Waals surface area (Å²) in [6, 6.07) is 6.68. The van der Waals surface area contributed by atoms with Gasteiger partial charge in [0.25, 0.3) is 0 Å². The molecule has 0 spiro atoms. The highest BCUT2D eigenvalue weighted by atomic mass is 16.4. The zero-order chi connectivity index (χ0) is 16.7. The Balaban J connectivity index is 3.38. The summed E-state index contributed by atoms with van der Waals surface area (Å²) in [5.41, 5.74) is 3.25. The number of hydrogen-bond donors (Lipinski definition) is 1. The summed E-state index contributed by atoms with van der Waals surface area (Å²) in [4.78, 5) is 13.0. The highest BCUT2D eigenvalue weighted by Gasteiger charge is 2.15. The van der Waals surface area contributed by atoms with Crippen LogP contribution < -0.4 is 4.90 Å². The molecule has 3 nitrogen and oxygen atoms in total. The molecule has 0 fully saturated rings. The van der Waals surface area contributed by atoms with Gasteiger partial charge < -0.3 is 10.0 Å². The minimum Gasteiger partial charge on any atom is -0.478 e. The van der Waals surface area contributed by atoms with Crippen molar-refractivity contribution in [3.63, 3.8) is 0 Å². The Hall–Kier alpha value is -2.81. The molecule has 0 bridgehead atoms. The van der Waals surface area contributed by atoms with Crippen LogP contribution in [0.25, 0.3) is 0 Å². The summed E-state index contributed by atoms with van der Waals surface area (Å²) >= 11 is 0. The van der Waals surface area contributed by atoms with E-state index in [1.807, 2.05) is 43.0 Å². The SMILES string of the molecule is C=C/C=C(\C)C(=C)N(C(=C)/C=C\C)c1cccc(C(=O)O)c1. The van der Waals surface area contributed by atoms with E-state index < -0.39 is 5.97 Å². The monoisotopic (exact) mass is 295 g/mol. The molecule has 0 heterocycles. The van der Waals surface area contributed by atoms with E-state index in [9.17, 15) is 4.79 Å². The van der Waals surface area contributed by atoms with E-state index in [0.717, 1.165) is 5.57 Å². The fourth-order valence-electron chi connectivity index (χ4n) is 1.99. The average molecular weight is 295 g/mol. The van der Waals surface area contributed by atoms with E-state index in [0.29, 0.717) is 17.1 Å². The molecule has 1 rings (SSSR count). The molecule has 0 unspecified atom stereocenters. The Labute approximate surface area is 131 Å². The van der Waals surface area contributed by atoms with Crippen LogP contribution in [0.4, 0.5) is 5.69 Å². The minimum atomic E-state index is -0.970. The number of nitrogens with zero attached hydrogens (tertiary/aromatic N) is 1. The number of hydrogen-bond acceptors (Lipinski definition) is 2. The molecule has 22 heavy (non-hydrogen) atoms. The molecule has 3 heteroatoms. The standard InChI is InChI=1S/C19H21NO2/c1-6-9-14(3)16(5)20(15(4)10-7-2)18-12-8-11-17(13-18)19(21)22/h6-13H,1,4-5H2,2-3H3,(H,21,22)/b10-7-,14-9+. The van der Waals surface area contributed by atoms with Crippen molar-refractivity contribution in [2.45, 2.75) is 13.8 Å². The lowest BCUT2D eigenvalue weighted by atomic mass is 10.1. The molecule has 0 amide bonds. The molecule has 114 valence electrons. The van der Waals surface area contributed by atoms with Gasteiger partial charge in [-0.15, -0.1) is 0 Å². The molecular formula is C19H21NO2. The number of aromatic carboxylic acids is 1. The third-order valence-electron chi connectivity index (χ3n) is 3.09. The van der Waals surface area contributed by atoms with E-state index in [1.54, 1.807) is 24.3 Å². The van der Waals surface area contributed by atoms with Crippen LogP contribution in [0.1, 0.15) is 24.2 Å². The van der Waals surface area contributed by atoms with Gasteiger partial charge in [0.2, 0.25) is 0 Å². The molecule has 0 radical (unpaired) electrons. The van der Waals surface area contributed by atoms with Crippen molar-refractivity contribution in [3.05, 3.63) is 90.8 Å². The fraction of sp³-hybridized carbons (Fsp3) is 0.105. The van der Waals surface area contributed by atoms with Crippen LogP contribution in [-0.2, 0) is 0 Å². The number of carbonyl (C=O) groups is 1. The molecule has 0 aliphatic rings. The van der Waals surface area contributed by atoms with Crippen molar-refractivity contribution in [2.75, 3.05) is 4.90 Å². The second-order valence-corrected chi connectivity index (χ2v) is 4.71. The summed E-state index contributed by atoms with van der Waals surface area (Å²) in [7, 11) is 0. The molecular weight excluding hydrogens is 274 g/mol. The first kappa shape index (κ1) is 17.2. The van der Waals surface area contributed by atoms with Crippen molar-refractivity contribution in [2.24, 2.45) is 0 Å². The molecule has 0 saturated carbocycles. The third kappa shape index (κ3) is 4.09. The summed E-state index contributed by atoms with van der Waals surface area (Å²) in [5, 5.41) is 9.16. The van der Waals surface area contributed by atoms with E-state index >= 15 is 0 Å². The van der Waals surface area contributed by atoms with Crippen LogP contribution in [0.15, 0.2) is 85.3 Å². The zero-order valence-corrected chi connectivity index (χ0v) is 13.0. The Morgan fingerprint density at radius 3 is 2.55 bits per heavy atom. The number of carboxylic acids is 1. The first-order valence-corrected chi connectivity index (χ1v) is 6.86. The Morgan fingerprint density at radius 2 is 2.00 bits per heavy atom. The minimum absolute atomic E-state index is 0.217. The van der Waals surface area contributed by atoms with Gasteiger partial charge in [0.15, 0.2) is 0 Å². The van der Waals surface area contributed by atoms with Crippen molar-refractivity contribution in [3.8, 4) is 0 Å². The lowest BCUT2D eigenvalue weighted by Gasteiger charge is -2.28. The van der Waals surface area contributed by atoms with Crippen LogP contribution >= 0.6 is 0 Å². The lowest BCUT2D eigenvalue weighted by molar-refractivity contribution is 0.0697. The number of rotatable bonds is 7. The smallest absolute Gasteiger partial charge is 0.335 e. The van der Waals surface area contributed by atoms with Gasteiger partial charge >= 0.3 is 5.97 Å². The number of benzene rings is 1. The third-order valence-corrected chi connectivity index (χ3v) is 3.09. The maximum absolute atomic E-state index is 11.2. The second kappa shape index (κ2) is 7.84. The molecule has 0 aliphatic carbocycles. The van der Waals surface area contributed by atoms with Crippen molar-refractivity contribution in [1.82, 2.24) is 0 Å². The molecule has 1 N–H and O–H groups in total. The Kier molecular flexibility index (Phi) is 6.14. The molecule has 0 atom stereocenters. The normalized spacial score (nSPS) is 11.3. The van der Waals surface area contributed by atoms with E-state index in [4.69, 9.17) is 5.11 Å². The topological polar surface area (TPSA) is 40.5 Å². The van der Waals surface area contributed by atoms with Crippen LogP contribution in [0, 0.1) is 0 Å². The molecule has 0 aromatic heterocycles. The number of anilines is 1. The lowest BCUT2D eigenvalue weighted by Crippen LogP contribution is -2.20. The summed E-state index contributed by atoms with van der Waals surface area (Å²) in [6.45, 7) is 15.6. The Bertz CT molecular complexity index is 666. The van der Waals surface area contributed by atoms with Gasteiger partial charge in [0.1, 0.15) is 0 Å². The van der Waals surface area contributed by atoms with E-state index in [2.05, 4.69) is 19.7 Å². The van der Waals surface area contributed by atoms with Crippen LogP contribution in [0.2, 0.25) is 0 Å². The van der Waals surface area contributed by atoms with E-state index in [1.165, 1.54) is 0 Å². The van der Waals surface area contributed by atoms with Gasteiger partial charge in [0.05, 0.1) is 5.56 Å². The largest absolute Gasteiger partial charge is 0.478 e. The summed E-state index contributed by atoms with van der Waals surface area (Å²) < 4.78 is 0. The number of carboxylic acid groups (broad SMARTS) is 1.